The lowest BCUT2D eigenvalue weighted by Crippen LogP contribution is -2.17. The first-order valence-corrected chi connectivity index (χ1v) is 7.10. The van der Waals surface area contributed by atoms with Crippen molar-refractivity contribution in [1.29, 1.82) is 0 Å². The van der Waals surface area contributed by atoms with Gasteiger partial charge >= 0.3 is 0 Å². The third kappa shape index (κ3) is 2.41. The highest BCUT2D eigenvalue weighted by atomic mass is 35.5. The smallest absolute Gasteiger partial charge is 0.206 e. The van der Waals surface area contributed by atoms with E-state index in [1.54, 1.807) is 24.3 Å². The summed E-state index contributed by atoms with van der Waals surface area (Å²) in [5.41, 5.74) is 1.49. The number of rotatable bonds is 3. The van der Waals surface area contributed by atoms with Crippen LogP contribution in [0.1, 0.15) is 0 Å². The van der Waals surface area contributed by atoms with Crippen LogP contribution in [0, 0.1) is 0 Å². The molecule has 2 rings (SSSR count). The van der Waals surface area contributed by atoms with E-state index in [0.717, 1.165) is 5.56 Å². The number of hydrogen-bond donors (Lipinski definition) is 0. The van der Waals surface area contributed by atoms with Gasteiger partial charge in [-0.05, 0) is 23.4 Å². The average molecular weight is 282 g/mol. The topological polar surface area (TPSA) is 37.4 Å². The molecule has 3 nitrogen and oxygen atoms in total. The highest BCUT2D eigenvalue weighted by Crippen LogP contribution is 2.29. The molecule has 0 fully saturated rings. The van der Waals surface area contributed by atoms with Gasteiger partial charge in [0, 0.05) is 12.6 Å². The highest BCUT2D eigenvalue weighted by Gasteiger charge is 2.22. The van der Waals surface area contributed by atoms with Gasteiger partial charge < -0.3 is 0 Å². The summed E-state index contributed by atoms with van der Waals surface area (Å²) < 4.78 is 24.9. The van der Waals surface area contributed by atoms with Crippen molar-refractivity contribution < 1.29 is 8.42 Å². The van der Waals surface area contributed by atoms with Gasteiger partial charge in [-0.15, -0.1) is 3.82 Å². The first kappa shape index (κ1) is 13.1. The zero-order valence-electron chi connectivity index (χ0n) is 9.75. The summed E-state index contributed by atoms with van der Waals surface area (Å²) in [6.07, 6.45) is 0. The quantitative estimate of drug-likeness (QED) is 0.811. The Morgan fingerprint density at radius 1 is 0.944 bits per heavy atom. The van der Waals surface area contributed by atoms with Crippen LogP contribution in [-0.4, -0.2) is 19.3 Å². The first-order valence-electron chi connectivity index (χ1n) is 5.32. The van der Waals surface area contributed by atoms with Crippen LogP contribution in [0.2, 0.25) is 0 Å². The normalized spacial score (nSPS) is 11.7. The molecule has 5 heteroatoms. The maximum absolute atomic E-state index is 12.1. The predicted molar refractivity (Wildman–Crippen MR) is 72.7 cm³/mol. The summed E-state index contributed by atoms with van der Waals surface area (Å²) in [6.45, 7) is 0. The number of benzene rings is 2. The van der Waals surface area contributed by atoms with Crippen molar-refractivity contribution in [3.05, 3.63) is 54.6 Å². The number of hydrogen-bond acceptors (Lipinski definition) is 2. The molecule has 18 heavy (non-hydrogen) atoms. The zero-order valence-corrected chi connectivity index (χ0v) is 11.3. The standard InChI is InChI=1S/C13H12ClNO2S/c1-15(14)18(16,17)13-10-6-5-9-12(13)11-7-3-2-4-8-11/h2-10H,1H3. The van der Waals surface area contributed by atoms with E-state index in [1.165, 1.54) is 7.05 Å². The van der Waals surface area contributed by atoms with E-state index in [1.807, 2.05) is 30.3 Å². The molecule has 0 bridgehead atoms. The summed E-state index contributed by atoms with van der Waals surface area (Å²) in [7, 11) is -2.35. The molecule has 0 spiro atoms. The van der Waals surface area contributed by atoms with Crippen LogP contribution in [0.4, 0.5) is 0 Å². The van der Waals surface area contributed by atoms with Gasteiger partial charge in [0.05, 0.1) is 4.90 Å². The van der Waals surface area contributed by atoms with Crippen LogP contribution in [0.15, 0.2) is 59.5 Å². The van der Waals surface area contributed by atoms with Crippen LogP contribution < -0.4 is 0 Å². The molecule has 0 aliphatic carbocycles. The molecule has 2 aromatic rings. The monoisotopic (exact) mass is 281 g/mol. The van der Waals surface area contributed by atoms with Crippen molar-refractivity contribution in [3.63, 3.8) is 0 Å². The van der Waals surface area contributed by atoms with Gasteiger partial charge in [0.15, 0.2) is 0 Å². The van der Waals surface area contributed by atoms with E-state index >= 15 is 0 Å². The van der Waals surface area contributed by atoms with Gasteiger partial charge in [0.25, 0.3) is 10.0 Å². The van der Waals surface area contributed by atoms with E-state index in [-0.39, 0.29) is 4.90 Å². The Kier molecular flexibility index (Phi) is 3.71. The predicted octanol–water partition coefficient (Wildman–Crippen LogP) is 3.13. The van der Waals surface area contributed by atoms with E-state index in [4.69, 9.17) is 11.8 Å². The number of sulfonamides is 1. The van der Waals surface area contributed by atoms with Crippen molar-refractivity contribution >= 4 is 21.8 Å². The molecule has 0 radical (unpaired) electrons. The first-order chi connectivity index (χ1) is 8.53. The lowest BCUT2D eigenvalue weighted by atomic mass is 10.1. The Morgan fingerprint density at radius 2 is 1.50 bits per heavy atom. The second-order valence-corrected chi connectivity index (χ2v) is 6.40. The molecule has 0 aromatic heterocycles. The van der Waals surface area contributed by atoms with Gasteiger partial charge in [-0.1, -0.05) is 48.5 Å². The number of nitrogens with zero attached hydrogens (tertiary/aromatic N) is 1. The molecule has 0 heterocycles. The molecule has 0 unspecified atom stereocenters. The van der Waals surface area contributed by atoms with Crippen LogP contribution >= 0.6 is 11.8 Å². The maximum Gasteiger partial charge on any atom is 0.256 e. The molecule has 94 valence electrons. The van der Waals surface area contributed by atoms with Crippen molar-refractivity contribution in [2.24, 2.45) is 0 Å². The van der Waals surface area contributed by atoms with Gasteiger partial charge in [-0.3, -0.25) is 0 Å². The fraction of sp³-hybridized carbons (Fsp3) is 0.0769. The molecule has 0 aliphatic heterocycles. The summed E-state index contributed by atoms with van der Waals surface area (Å²) in [6, 6.07) is 16.1. The summed E-state index contributed by atoms with van der Waals surface area (Å²) >= 11 is 5.61. The van der Waals surface area contributed by atoms with Crippen molar-refractivity contribution in [3.8, 4) is 11.1 Å². The van der Waals surface area contributed by atoms with Crippen molar-refractivity contribution in [1.82, 2.24) is 3.82 Å². The maximum atomic E-state index is 12.1. The summed E-state index contributed by atoms with van der Waals surface area (Å²) in [5.74, 6) is 0. The molecular weight excluding hydrogens is 270 g/mol. The third-order valence-electron chi connectivity index (χ3n) is 2.58. The molecule has 0 saturated carbocycles. The SMILES string of the molecule is CN(Cl)S(=O)(=O)c1ccccc1-c1ccccc1. The minimum absolute atomic E-state index is 0.203. The molecular formula is C13H12ClNO2S. The van der Waals surface area contributed by atoms with E-state index in [9.17, 15) is 8.42 Å². The van der Waals surface area contributed by atoms with Gasteiger partial charge in [0.1, 0.15) is 0 Å². The Morgan fingerprint density at radius 3 is 2.11 bits per heavy atom. The Bertz CT molecular complexity index is 639. The zero-order chi connectivity index (χ0) is 13.2. The van der Waals surface area contributed by atoms with Gasteiger partial charge in [0.2, 0.25) is 0 Å². The van der Waals surface area contributed by atoms with Gasteiger partial charge in [-0.25, -0.2) is 8.42 Å². The minimum Gasteiger partial charge on any atom is -0.206 e. The molecule has 0 atom stereocenters. The highest BCUT2D eigenvalue weighted by molar-refractivity contribution is 7.90. The van der Waals surface area contributed by atoms with Gasteiger partial charge in [-0.2, -0.15) is 0 Å². The van der Waals surface area contributed by atoms with Crippen molar-refractivity contribution in [2.45, 2.75) is 4.90 Å². The Hall–Kier alpha value is -1.36. The summed E-state index contributed by atoms with van der Waals surface area (Å²) in [4.78, 5) is 0.203. The Balaban J connectivity index is 2.65. The lowest BCUT2D eigenvalue weighted by Gasteiger charge is -2.13. The Labute approximate surface area is 112 Å². The minimum atomic E-state index is -3.66. The van der Waals surface area contributed by atoms with Crippen molar-refractivity contribution in [2.75, 3.05) is 7.05 Å². The average Bonchev–Trinajstić information content (AvgIpc) is 2.39. The molecule has 0 N–H and O–H groups in total. The third-order valence-corrected chi connectivity index (χ3v) is 4.70. The van der Waals surface area contributed by atoms with Crippen LogP contribution in [0.5, 0.6) is 0 Å². The second kappa shape index (κ2) is 5.10. The largest absolute Gasteiger partial charge is 0.256 e. The fourth-order valence-electron chi connectivity index (χ4n) is 1.68. The fourth-order valence-corrected chi connectivity index (χ4v) is 2.89. The van der Waals surface area contributed by atoms with E-state index in [0.29, 0.717) is 9.39 Å². The van der Waals surface area contributed by atoms with Crippen LogP contribution in [0.25, 0.3) is 11.1 Å². The van der Waals surface area contributed by atoms with Crippen LogP contribution in [0.3, 0.4) is 0 Å². The van der Waals surface area contributed by atoms with E-state index < -0.39 is 10.0 Å². The molecule has 0 saturated heterocycles. The molecule has 2 aromatic carbocycles. The second-order valence-electron chi connectivity index (χ2n) is 3.76. The number of halogens is 1. The van der Waals surface area contributed by atoms with Crippen LogP contribution in [-0.2, 0) is 10.0 Å². The molecule has 0 amide bonds. The van der Waals surface area contributed by atoms with E-state index in [2.05, 4.69) is 0 Å². The lowest BCUT2D eigenvalue weighted by molar-refractivity contribution is 0.562. The summed E-state index contributed by atoms with van der Waals surface area (Å²) in [5, 5.41) is 0. The molecule has 0 aliphatic rings.